The molecule has 2 aromatic carbocycles. The number of hydrogen-bond donors (Lipinski definition) is 0. The van der Waals surface area contributed by atoms with Crippen molar-refractivity contribution in [1.82, 2.24) is 0 Å². The lowest BCUT2D eigenvalue weighted by atomic mass is 10.0. The Kier molecular flexibility index (Phi) is 3.67. The van der Waals surface area contributed by atoms with Crippen LogP contribution in [0.4, 0.5) is 8.78 Å². The molecule has 0 aliphatic rings. The molecule has 0 atom stereocenters. The Labute approximate surface area is 103 Å². The van der Waals surface area contributed by atoms with Crippen LogP contribution in [0.15, 0.2) is 48.5 Å². The number of carbonyl (C=O) groups excluding carboxylic acids is 1. The van der Waals surface area contributed by atoms with Crippen LogP contribution in [-0.2, 0) is 0 Å². The molecule has 0 saturated carbocycles. The van der Waals surface area contributed by atoms with Crippen molar-refractivity contribution in [3.05, 3.63) is 54.1 Å². The molecule has 2 aromatic rings. The fraction of sp³-hybridized carbons (Fsp3) is 0.0714. The fourth-order valence-electron chi connectivity index (χ4n) is 1.65. The van der Waals surface area contributed by atoms with E-state index >= 15 is 0 Å². The van der Waals surface area contributed by atoms with Crippen LogP contribution in [0.3, 0.4) is 0 Å². The lowest BCUT2D eigenvalue weighted by Crippen LogP contribution is -2.04. The quantitative estimate of drug-likeness (QED) is 0.770. The summed E-state index contributed by atoms with van der Waals surface area (Å²) in [6, 6.07) is 13.9. The van der Waals surface area contributed by atoms with Crippen LogP contribution in [-0.4, -0.2) is 12.9 Å². The maximum atomic E-state index is 12.1. The van der Waals surface area contributed by atoms with Gasteiger partial charge in [0.25, 0.3) is 0 Å². The summed E-state index contributed by atoms with van der Waals surface area (Å²) in [7, 11) is 0. The van der Waals surface area contributed by atoms with Gasteiger partial charge in [-0.15, -0.1) is 0 Å². The highest BCUT2D eigenvalue weighted by Gasteiger charge is 2.10. The molecular formula is C14H10F2O2. The second kappa shape index (κ2) is 5.40. The third-order valence-corrected chi connectivity index (χ3v) is 2.46. The molecule has 2 nitrogen and oxygen atoms in total. The molecule has 92 valence electrons. The lowest BCUT2D eigenvalue weighted by Gasteiger charge is -2.09. The van der Waals surface area contributed by atoms with E-state index in [-0.39, 0.29) is 11.3 Å². The molecule has 0 N–H and O–H groups in total. The first-order valence-corrected chi connectivity index (χ1v) is 5.30. The van der Waals surface area contributed by atoms with Crippen molar-refractivity contribution in [1.29, 1.82) is 0 Å². The van der Waals surface area contributed by atoms with Crippen molar-refractivity contribution in [3.8, 4) is 16.9 Å². The third-order valence-electron chi connectivity index (χ3n) is 2.46. The average molecular weight is 248 g/mol. The predicted molar refractivity (Wildman–Crippen MR) is 63.9 cm³/mol. The molecule has 0 amide bonds. The number of aldehydes is 1. The molecule has 0 saturated heterocycles. The third kappa shape index (κ3) is 2.71. The maximum Gasteiger partial charge on any atom is 0.387 e. The van der Waals surface area contributed by atoms with E-state index in [4.69, 9.17) is 0 Å². The van der Waals surface area contributed by atoms with Gasteiger partial charge in [-0.05, 0) is 23.3 Å². The van der Waals surface area contributed by atoms with Gasteiger partial charge in [-0.1, -0.05) is 36.4 Å². The summed E-state index contributed by atoms with van der Waals surface area (Å²) in [6.45, 7) is -2.94. The van der Waals surface area contributed by atoms with Crippen molar-refractivity contribution in [2.24, 2.45) is 0 Å². The smallest absolute Gasteiger partial charge is 0.387 e. The summed E-state index contributed by atoms with van der Waals surface area (Å²) in [5.41, 5.74) is 1.79. The number of halogens is 2. The van der Waals surface area contributed by atoms with Crippen LogP contribution < -0.4 is 4.74 Å². The molecule has 18 heavy (non-hydrogen) atoms. The Morgan fingerprint density at radius 2 is 1.72 bits per heavy atom. The van der Waals surface area contributed by atoms with Gasteiger partial charge in [0.15, 0.2) is 6.29 Å². The van der Waals surface area contributed by atoms with Gasteiger partial charge in [-0.3, -0.25) is 4.79 Å². The minimum absolute atomic E-state index is 0.108. The zero-order valence-electron chi connectivity index (χ0n) is 9.35. The summed E-state index contributed by atoms with van der Waals surface area (Å²) >= 11 is 0. The lowest BCUT2D eigenvalue weighted by molar-refractivity contribution is -0.0500. The highest BCUT2D eigenvalue weighted by Crippen LogP contribution is 2.26. The van der Waals surface area contributed by atoms with Crippen molar-refractivity contribution in [3.63, 3.8) is 0 Å². The number of benzene rings is 2. The van der Waals surface area contributed by atoms with Gasteiger partial charge in [0.05, 0.1) is 5.56 Å². The van der Waals surface area contributed by atoms with E-state index < -0.39 is 6.61 Å². The van der Waals surface area contributed by atoms with Gasteiger partial charge in [-0.2, -0.15) is 8.78 Å². The number of carbonyl (C=O) groups is 1. The summed E-state index contributed by atoms with van der Waals surface area (Å²) < 4.78 is 28.5. The highest BCUT2D eigenvalue weighted by atomic mass is 19.3. The highest BCUT2D eigenvalue weighted by molar-refractivity contribution is 5.83. The SMILES string of the molecule is O=Cc1cc(-c2ccccc2)ccc1OC(F)F. The van der Waals surface area contributed by atoms with Crippen LogP contribution >= 0.6 is 0 Å². The molecular weight excluding hydrogens is 238 g/mol. The minimum atomic E-state index is -2.94. The van der Waals surface area contributed by atoms with Gasteiger partial charge < -0.3 is 4.74 Å². The van der Waals surface area contributed by atoms with Gasteiger partial charge in [-0.25, -0.2) is 0 Å². The van der Waals surface area contributed by atoms with Crippen LogP contribution in [0.25, 0.3) is 11.1 Å². The van der Waals surface area contributed by atoms with Crippen molar-refractivity contribution < 1.29 is 18.3 Å². The largest absolute Gasteiger partial charge is 0.434 e. The molecule has 0 aromatic heterocycles. The first-order valence-electron chi connectivity index (χ1n) is 5.30. The van der Waals surface area contributed by atoms with Gasteiger partial charge in [0, 0.05) is 0 Å². The van der Waals surface area contributed by atoms with E-state index in [0.717, 1.165) is 11.1 Å². The molecule has 0 radical (unpaired) electrons. The molecule has 0 bridgehead atoms. The molecule has 0 aliphatic heterocycles. The Balaban J connectivity index is 2.39. The zero-order chi connectivity index (χ0) is 13.0. The molecule has 0 unspecified atom stereocenters. The van der Waals surface area contributed by atoms with E-state index in [1.165, 1.54) is 12.1 Å². The van der Waals surface area contributed by atoms with Crippen LogP contribution in [0.5, 0.6) is 5.75 Å². The second-order valence-electron chi connectivity index (χ2n) is 3.61. The Bertz CT molecular complexity index is 539. The number of hydrogen-bond acceptors (Lipinski definition) is 2. The van der Waals surface area contributed by atoms with E-state index in [9.17, 15) is 13.6 Å². The van der Waals surface area contributed by atoms with Gasteiger partial charge in [0.1, 0.15) is 5.75 Å². The summed E-state index contributed by atoms with van der Waals surface area (Å²) in [6.07, 6.45) is 0.504. The predicted octanol–water partition coefficient (Wildman–Crippen LogP) is 3.77. The Morgan fingerprint density at radius 3 is 2.33 bits per heavy atom. The van der Waals surface area contributed by atoms with Crippen molar-refractivity contribution >= 4 is 6.29 Å². The summed E-state index contributed by atoms with van der Waals surface area (Å²) in [4.78, 5) is 10.9. The molecule has 4 heteroatoms. The molecule has 0 aliphatic carbocycles. The average Bonchev–Trinajstić information content (AvgIpc) is 2.39. The Hall–Kier alpha value is -2.23. The normalized spacial score (nSPS) is 10.4. The molecule has 0 fully saturated rings. The van der Waals surface area contributed by atoms with Crippen LogP contribution in [0.2, 0.25) is 0 Å². The molecule has 0 spiro atoms. The van der Waals surface area contributed by atoms with Gasteiger partial charge >= 0.3 is 6.61 Å². The monoisotopic (exact) mass is 248 g/mol. The van der Waals surface area contributed by atoms with E-state index in [2.05, 4.69) is 4.74 Å². The van der Waals surface area contributed by atoms with E-state index in [1.54, 1.807) is 6.07 Å². The first kappa shape index (κ1) is 12.2. The standard InChI is InChI=1S/C14H10F2O2/c15-14(16)18-13-7-6-11(8-12(13)9-17)10-4-2-1-3-5-10/h1-9,14H. The van der Waals surface area contributed by atoms with Crippen molar-refractivity contribution in [2.45, 2.75) is 6.61 Å². The number of ether oxygens (including phenoxy) is 1. The topological polar surface area (TPSA) is 26.3 Å². The number of rotatable bonds is 4. The van der Waals surface area contributed by atoms with Crippen molar-refractivity contribution in [2.75, 3.05) is 0 Å². The first-order chi connectivity index (χ1) is 8.70. The summed E-state index contributed by atoms with van der Waals surface area (Å²) in [5.74, 6) is -0.111. The zero-order valence-corrected chi connectivity index (χ0v) is 9.35. The molecule has 2 rings (SSSR count). The van der Waals surface area contributed by atoms with Gasteiger partial charge in [0.2, 0.25) is 0 Å². The summed E-state index contributed by atoms with van der Waals surface area (Å²) in [5, 5.41) is 0. The molecule has 0 heterocycles. The second-order valence-corrected chi connectivity index (χ2v) is 3.61. The number of alkyl halides is 2. The van der Waals surface area contributed by atoms with Crippen LogP contribution in [0, 0.1) is 0 Å². The minimum Gasteiger partial charge on any atom is -0.434 e. The maximum absolute atomic E-state index is 12.1. The Morgan fingerprint density at radius 1 is 1.00 bits per heavy atom. The fourth-order valence-corrected chi connectivity index (χ4v) is 1.65. The van der Waals surface area contributed by atoms with E-state index in [0.29, 0.717) is 6.29 Å². The van der Waals surface area contributed by atoms with Crippen LogP contribution in [0.1, 0.15) is 10.4 Å². The van der Waals surface area contributed by atoms with E-state index in [1.807, 2.05) is 30.3 Å².